The van der Waals surface area contributed by atoms with Crippen LogP contribution in [0.4, 0.5) is 0 Å². The summed E-state index contributed by atoms with van der Waals surface area (Å²) in [5.74, 6) is -0.672. The van der Waals surface area contributed by atoms with Crippen molar-refractivity contribution in [3.8, 4) is 0 Å². The molecule has 0 saturated carbocycles. The Morgan fingerprint density at radius 3 is 2.50 bits per heavy atom. The van der Waals surface area contributed by atoms with Crippen LogP contribution in [0.2, 0.25) is 0 Å². The van der Waals surface area contributed by atoms with Crippen LogP contribution in [-0.4, -0.2) is 60.0 Å². The molecule has 0 aliphatic rings. The van der Waals surface area contributed by atoms with Crippen molar-refractivity contribution in [2.75, 3.05) is 27.3 Å². The van der Waals surface area contributed by atoms with E-state index in [1.54, 1.807) is 18.9 Å². The molecular weight excluding hydrogens is 186 g/mol. The summed E-state index contributed by atoms with van der Waals surface area (Å²) in [6, 6.07) is -0.105. The molecule has 0 aromatic carbocycles. The van der Waals surface area contributed by atoms with E-state index in [0.717, 1.165) is 0 Å². The van der Waals surface area contributed by atoms with E-state index in [1.165, 1.54) is 14.0 Å². The Bertz CT molecular complexity index is 193. The summed E-state index contributed by atoms with van der Waals surface area (Å²) in [7, 11) is 2.95. The van der Waals surface area contributed by atoms with Crippen molar-refractivity contribution < 1.29 is 19.7 Å². The highest BCUT2D eigenvalue weighted by atomic mass is 16.5. The first-order valence-electron chi connectivity index (χ1n) is 4.47. The second kappa shape index (κ2) is 5.29. The number of aliphatic hydroxyl groups excluding tert-OH is 1. The molecule has 0 aliphatic carbocycles. The minimum Gasteiger partial charge on any atom is -0.467 e. The summed E-state index contributed by atoms with van der Waals surface area (Å²) in [5.41, 5.74) is -1.53. The van der Waals surface area contributed by atoms with Crippen LogP contribution >= 0.6 is 0 Å². The molecular formula is C9H19NO4. The highest BCUT2D eigenvalue weighted by Crippen LogP contribution is 2.09. The molecule has 5 heteroatoms. The number of ether oxygens (including phenoxy) is 1. The monoisotopic (exact) mass is 205 g/mol. The van der Waals surface area contributed by atoms with Crippen LogP contribution in [0.25, 0.3) is 0 Å². The van der Waals surface area contributed by atoms with Crippen molar-refractivity contribution in [2.24, 2.45) is 0 Å². The van der Waals surface area contributed by atoms with Gasteiger partial charge in [0, 0.05) is 12.6 Å². The van der Waals surface area contributed by atoms with Crippen LogP contribution in [0.3, 0.4) is 0 Å². The Kier molecular flexibility index (Phi) is 5.04. The molecule has 0 amide bonds. The zero-order chi connectivity index (χ0) is 11.4. The number of hydrogen-bond donors (Lipinski definition) is 2. The van der Waals surface area contributed by atoms with Crippen LogP contribution in [0.1, 0.15) is 13.8 Å². The summed E-state index contributed by atoms with van der Waals surface area (Å²) in [5, 5.41) is 18.6. The molecule has 0 radical (unpaired) electrons. The Labute approximate surface area is 84.3 Å². The van der Waals surface area contributed by atoms with Crippen LogP contribution < -0.4 is 0 Å². The molecule has 2 unspecified atom stereocenters. The first-order valence-corrected chi connectivity index (χ1v) is 4.47. The smallest absolute Gasteiger partial charge is 0.338 e. The minimum absolute atomic E-state index is 0.0201. The van der Waals surface area contributed by atoms with Gasteiger partial charge in [-0.05, 0) is 20.9 Å². The summed E-state index contributed by atoms with van der Waals surface area (Å²) < 4.78 is 4.45. The molecule has 0 aromatic heterocycles. The van der Waals surface area contributed by atoms with Gasteiger partial charge in [-0.15, -0.1) is 0 Å². The Morgan fingerprint density at radius 2 is 2.14 bits per heavy atom. The number of aliphatic hydroxyl groups is 2. The fourth-order valence-electron chi connectivity index (χ4n) is 1.07. The van der Waals surface area contributed by atoms with Crippen molar-refractivity contribution in [1.29, 1.82) is 0 Å². The standard InChI is InChI=1S/C9H19NO4/c1-7(5-11)10(3)6-9(2,13)8(12)14-4/h7,11,13H,5-6H2,1-4H3. The van der Waals surface area contributed by atoms with Crippen molar-refractivity contribution >= 4 is 5.97 Å². The maximum atomic E-state index is 11.1. The molecule has 0 heterocycles. The van der Waals surface area contributed by atoms with E-state index in [9.17, 15) is 9.90 Å². The van der Waals surface area contributed by atoms with Gasteiger partial charge in [-0.1, -0.05) is 0 Å². The molecule has 0 aromatic rings. The number of nitrogens with zero attached hydrogens (tertiary/aromatic N) is 1. The van der Waals surface area contributed by atoms with E-state index in [-0.39, 0.29) is 19.2 Å². The van der Waals surface area contributed by atoms with E-state index in [4.69, 9.17) is 5.11 Å². The highest BCUT2D eigenvalue weighted by Gasteiger charge is 2.33. The number of hydrogen-bond acceptors (Lipinski definition) is 5. The quantitative estimate of drug-likeness (QED) is 0.576. The Balaban J connectivity index is 4.28. The molecule has 0 rings (SSSR count). The molecule has 0 bridgehead atoms. The van der Waals surface area contributed by atoms with E-state index in [1.807, 2.05) is 0 Å². The molecule has 2 N–H and O–H groups in total. The molecule has 14 heavy (non-hydrogen) atoms. The van der Waals surface area contributed by atoms with Crippen molar-refractivity contribution in [3.05, 3.63) is 0 Å². The lowest BCUT2D eigenvalue weighted by Gasteiger charge is -2.29. The van der Waals surface area contributed by atoms with Crippen LogP contribution in [0, 0.1) is 0 Å². The first kappa shape index (κ1) is 13.4. The average Bonchev–Trinajstić information content (AvgIpc) is 2.14. The SMILES string of the molecule is COC(=O)C(C)(O)CN(C)C(C)CO. The lowest BCUT2D eigenvalue weighted by Crippen LogP contribution is -2.49. The van der Waals surface area contributed by atoms with Gasteiger partial charge in [0.15, 0.2) is 5.60 Å². The van der Waals surface area contributed by atoms with Crippen LogP contribution in [-0.2, 0) is 9.53 Å². The second-order valence-electron chi connectivity index (χ2n) is 3.71. The number of likely N-dealkylation sites (N-methyl/N-ethyl adjacent to an activating group) is 1. The number of esters is 1. The average molecular weight is 205 g/mol. The first-order chi connectivity index (χ1) is 6.35. The van der Waals surface area contributed by atoms with Gasteiger partial charge in [-0.3, -0.25) is 4.90 Å². The fourth-order valence-corrected chi connectivity index (χ4v) is 1.07. The van der Waals surface area contributed by atoms with Crippen molar-refractivity contribution in [1.82, 2.24) is 4.90 Å². The fraction of sp³-hybridized carbons (Fsp3) is 0.889. The predicted octanol–water partition coefficient (Wildman–Crippen LogP) is -0.777. The van der Waals surface area contributed by atoms with Gasteiger partial charge in [0.2, 0.25) is 0 Å². The predicted molar refractivity (Wildman–Crippen MR) is 51.8 cm³/mol. The zero-order valence-corrected chi connectivity index (χ0v) is 9.15. The lowest BCUT2D eigenvalue weighted by atomic mass is 10.1. The van der Waals surface area contributed by atoms with Gasteiger partial charge in [-0.25, -0.2) is 4.79 Å². The van der Waals surface area contributed by atoms with Gasteiger partial charge >= 0.3 is 5.97 Å². The molecule has 0 saturated heterocycles. The summed E-state index contributed by atoms with van der Waals surface area (Å²) >= 11 is 0. The third kappa shape index (κ3) is 3.61. The van der Waals surface area contributed by atoms with E-state index < -0.39 is 11.6 Å². The summed E-state index contributed by atoms with van der Waals surface area (Å²) in [6.07, 6.45) is 0. The molecule has 2 atom stereocenters. The number of methoxy groups -OCH3 is 1. The summed E-state index contributed by atoms with van der Waals surface area (Å²) in [6.45, 7) is 3.29. The van der Waals surface area contributed by atoms with E-state index in [0.29, 0.717) is 0 Å². The molecule has 0 fully saturated rings. The van der Waals surface area contributed by atoms with Crippen molar-refractivity contribution in [3.63, 3.8) is 0 Å². The minimum atomic E-state index is -1.53. The van der Waals surface area contributed by atoms with E-state index >= 15 is 0 Å². The van der Waals surface area contributed by atoms with Gasteiger partial charge in [0.1, 0.15) is 0 Å². The topological polar surface area (TPSA) is 70.0 Å². The molecule has 0 aliphatic heterocycles. The third-order valence-electron chi connectivity index (χ3n) is 2.20. The van der Waals surface area contributed by atoms with Gasteiger partial charge in [-0.2, -0.15) is 0 Å². The zero-order valence-electron chi connectivity index (χ0n) is 9.15. The van der Waals surface area contributed by atoms with Crippen LogP contribution in [0.5, 0.6) is 0 Å². The lowest BCUT2D eigenvalue weighted by molar-refractivity contribution is -0.162. The normalized spacial score (nSPS) is 17.6. The van der Waals surface area contributed by atoms with Gasteiger partial charge in [0.25, 0.3) is 0 Å². The molecule has 5 nitrogen and oxygen atoms in total. The highest BCUT2D eigenvalue weighted by molar-refractivity contribution is 5.78. The maximum Gasteiger partial charge on any atom is 0.338 e. The Hall–Kier alpha value is -0.650. The molecule has 84 valence electrons. The van der Waals surface area contributed by atoms with Crippen molar-refractivity contribution in [2.45, 2.75) is 25.5 Å². The number of carbonyl (C=O) groups excluding carboxylic acids is 1. The maximum absolute atomic E-state index is 11.1. The van der Waals surface area contributed by atoms with Gasteiger partial charge < -0.3 is 14.9 Å². The van der Waals surface area contributed by atoms with Crippen LogP contribution in [0.15, 0.2) is 0 Å². The van der Waals surface area contributed by atoms with Gasteiger partial charge in [0.05, 0.1) is 13.7 Å². The Morgan fingerprint density at radius 1 is 1.64 bits per heavy atom. The second-order valence-corrected chi connectivity index (χ2v) is 3.71. The third-order valence-corrected chi connectivity index (χ3v) is 2.20. The van der Waals surface area contributed by atoms with E-state index in [2.05, 4.69) is 4.74 Å². The summed E-state index contributed by atoms with van der Waals surface area (Å²) in [4.78, 5) is 12.8. The number of rotatable bonds is 5. The number of carbonyl (C=O) groups is 1. The molecule has 0 spiro atoms. The largest absolute Gasteiger partial charge is 0.467 e.